The van der Waals surface area contributed by atoms with Crippen LogP contribution >= 0.6 is 0 Å². The van der Waals surface area contributed by atoms with Gasteiger partial charge in [0.25, 0.3) is 0 Å². The molecule has 0 aliphatic carbocycles. The fraction of sp³-hybridized carbons (Fsp3) is 0.438. The van der Waals surface area contributed by atoms with Gasteiger partial charge >= 0.3 is 0 Å². The fourth-order valence-corrected chi connectivity index (χ4v) is 2.59. The number of aliphatic hydroxyl groups is 1. The molecule has 1 fully saturated rings. The summed E-state index contributed by atoms with van der Waals surface area (Å²) in [5, 5.41) is 9.23. The highest BCUT2D eigenvalue weighted by molar-refractivity contribution is 5.92. The van der Waals surface area contributed by atoms with Crippen molar-refractivity contribution in [1.82, 2.24) is 4.90 Å². The maximum absolute atomic E-state index is 12.1. The van der Waals surface area contributed by atoms with Gasteiger partial charge < -0.3 is 10.0 Å². The molecule has 3 nitrogen and oxygen atoms in total. The Morgan fingerprint density at radius 2 is 2.26 bits per heavy atom. The Balaban J connectivity index is 2.07. The van der Waals surface area contributed by atoms with E-state index in [1.54, 1.807) is 11.0 Å². The average Bonchev–Trinajstić information content (AvgIpc) is 2.85. The van der Waals surface area contributed by atoms with Crippen LogP contribution in [0.3, 0.4) is 0 Å². The van der Waals surface area contributed by atoms with Gasteiger partial charge in [-0.15, -0.1) is 0 Å². The molecule has 1 aliphatic heterocycles. The minimum absolute atomic E-state index is 0.00322. The first-order chi connectivity index (χ1) is 9.11. The van der Waals surface area contributed by atoms with E-state index in [1.807, 2.05) is 25.1 Å². The standard InChI is InChI=1S/C16H21NO2/c1-12-5-6-14(13(2)10-12)7-8-16(19)17-9-3-4-15(17)11-18/h5-8,10,15,18H,3-4,9,11H2,1-2H3/t15-/m1/s1. The molecule has 1 atom stereocenters. The second-order valence-electron chi connectivity index (χ2n) is 5.20. The lowest BCUT2D eigenvalue weighted by molar-refractivity contribution is -0.127. The predicted molar refractivity (Wildman–Crippen MR) is 76.8 cm³/mol. The Kier molecular flexibility index (Phi) is 4.38. The molecule has 1 heterocycles. The summed E-state index contributed by atoms with van der Waals surface area (Å²) < 4.78 is 0. The van der Waals surface area contributed by atoms with Gasteiger partial charge in [-0.3, -0.25) is 4.79 Å². The maximum atomic E-state index is 12.1. The number of carbonyl (C=O) groups is 1. The number of benzene rings is 1. The lowest BCUT2D eigenvalue weighted by Crippen LogP contribution is -2.36. The molecule has 0 radical (unpaired) electrons. The zero-order valence-corrected chi connectivity index (χ0v) is 11.6. The molecule has 0 aromatic heterocycles. The summed E-state index contributed by atoms with van der Waals surface area (Å²) in [5.74, 6) is -0.00322. The topological polar surface area (TPSA) is 40.5 Å². The highest BCUT2D eigenvalue weighted by Gasteiger charge is 2.26. The van der Waals surface area contributed by atoms with Crippen molar-refractivity contribution in [3.8, 4) is 0 Å². The number of nitrogens with zero attached hydrogens (tertiary/aromatic N) is 1. The van der Waals surface area contributed by atoms with E-state index in [0.29, 0.717) is 0 Å². The predicted octanol–water partition coefficient (Wildman–Crippen LogP) is 2.30. The Labute approximate surface area is 114 Å². The Morgan fingerprint density at radius 3 is 2.95 bits per heavy atom. The molecule has 0 unspecified atom stereocenters. The highest BCUT2D eigenvalue weighted by atomic mass is 16.3. The molecule has 3 heteroatoms. The fourth-order valence-electron chi connectivity index (χ4n) is 2.59. The summed E-state index contributed by atoms with van der Waals surface area (Å²) in [6, 6.07) is 6.18. The van der Waals surface area contributed by atoms with Crippen molar-refractivity contribution in [3.05, 3.63) is 41.0 Å². The van der Waals surface area contributed by atoms with E-state index < -0.39 is 0 Å². The van der Waals surface area contributed by atoms with Crippen LogP contribution in [-0.2, 0) is 4.79 Å². The van der Waals surface area contributed by atoms with Crippen molar-refractivity contribution in [2.75, 3.05) is 13.2 Å². The Morgan fingerprint density at radius 1 is 1.47 bits per heavy atom. The molecule has 1 aromatic carbocycles. The first-order valence-electron chi connectivity index (χ1n) is 6.78. The van der Waals surface area contributed by atoms with Crippen LogP contribution in [0.4, 0.5) is 0 Å². The molecule has 0 saturated carbocycles. The van der Waals surface area contributed by atoms with Crippen LogP contribution in [-0.4, -0.2) is 35.1 Å². The molecule has 1 saturated heterocycles. The minimum Gasteiger partial charge on any atom is -0.394 e. The van der Waals surface area contributed by atoms with Gasteiger partial charge in [-0.05, 0) is 43.9 Å². The van der Waals surface area contributed by atoms with Gasteiger partial charge in [-0.2, -0.15) is 0 Å². The van der Waals surface area contributed by atoms with Gasteiger partial charge in [-0.1, -0.05) is 23.8 Å². The van der Waals surface area contributed by atoms with Crippen molar-refractivity contribution >= 4 is 12.0 Å². The maximum Gasteiger partial charge on any atom is 0.246 e. The van der Waals surface area contributed by atoms with E-state index in [9.17, 15) is 9.90 Å². The van der Waals surface area contributed by atoms with Crippen LogP contribution < -0.4 is 0 Å². The lowest BCUT2D eigenvalue weighted by atomic mass is 10.1. The third-order valence-corrected chi connectivity index (χ3v) is 3.70. The SMILES string of the molecule is Cc1ccc(C=CC(=O)N2CCC[C@@H]2CO)c(C)c1. The number of hydrogen-bond donors (Lipinski definition) is 1. The Bertz CT molecular complexity index is 494. The number of amides is 1. The third-order valence-electron chi connectivity index (χ3n) is 3.70. The van der Waals surface area contributed by atoms with E-state index >= 15 is 0 Å². The summed E-state index contributed by atoms with van der Waals surface area (Å²) in [7, 11) is 0. The van der Waals surface area contributed by atoms with Crippen LogP contribution in [0.5, 0.6) is 0 Å². The molecule has 1 amide bonds. The number of rotatable bonds is 3. The van der Waals surface area contributed by atoms with E-state index in [4.69, 9.17) is 0 Å². The highest BCUT2D eigenvalue weighted by Crippen LogP contribution is 2.18. The van der Waals surface area contributed by atoms with Gasteiger partial charge in [0.2, 0.25) is 5.91 Å². The monoisotopic (exact) mass is 259 g/mol. The molecule has 19 heavy (non-hydrogen) atoms. The van der Waals surface area contributed by atoms with Crippen LogP contribution in [0.1, 0.15) is 29.5 Å². The largest absolute Gasteiger partial charge is 0.394 e. The van der Waals surface area contributed by atoms with Crippen molar-refractivity contribution in [2.45, 2.75) is 32.7 Å². The summed E-state index contributed by atoms with van der Waals surface area (Å²) in [6.45, 7) is 4.91. The zero-order valence-electron chi connectivity index (χ0n) is 11.6. The second kappa shape index (κ2) is 6.02. The van der Waals surface area contributed by atoms with E-state index in [-0.39, 0.29) is 18.6 Å². The summed E-state index contributed by atoms with van der Waals surface area (Å²) in [5.41, 5.74) is 3.46. The normalized spacial score (nSPS) is 19.3. The molecule has 1 aromatic rings. The zero-order chi connectivity index (χ0) is 13.8. The van der Waals surface area contributed by atoms with Crippen LogP contribution in [0.15, 0.2) is 24.3 Å². The number of aliphatic hydroxyl groups excluding tert-OH is 1. The molecule has 1 N–H and O–H groups in total. The summed E-state index contributed by atoms with van der Waals surface area (Å²) in [4.78, 5) is 13.9. The molecular formula is C16H21NO2. The van der Waals surface area contributed by atoms with Gasteiger partial charge in [0.05, 0.1) is 12.6 Å². The molecule has 2 rings (SSSR count). The van der Waals surface area contributed by atoms with E-state index in [1.165, 1.54) is 11.1 Å². The van der Waals surface area contributed by atoms with Crippen LogP contribution in [0.25, 0.3) is 6.08 Å². The van der Waals surface area contributed by atoms with Gasteiger partial charge in [-0.25, -0.2) is 0 Å². The van der Waals surface area contributed by atoms with Crippen LogP contribution in [0, 0.1) is 13.8 Å². The molecule has 0 bridgehead atoms. The average molecular weight is 259 g/mol. The quantitative estimate of drug-likeness (QED) is 0.846. The van der Waals surface area contributed by atoms with Crippen molar-refractivity contribution in [3.63, 3.8) is 0 Å². The lowest BCUT2D eigenvalue weighted by Gasteiger charge is -2.21. The smallest absolute Gasteiger partial charge is 0.246 e. The summed E-state index contributed by atoms with van der Waals surface area (Å²) in [6.07, 6.45) is 5.36. The van der Waals surface area contributed by atoms with E-state index in [2.05, 4.69) is 13.0 Å². The van der Waals surface area contributed by atoms with Gasteiger partial charge in [0, 0.05) is 12.6 Å². The number of hydrogen-bond acceptors (Lipinski definition) is 2. The number of aryl methyl sites for hydroxylation is 2. The molecule has 1 aliphatic rings. The minimum atomic E-state index is -0.00346. The number of likely N-dealkylation sites (tertiary alicyclic amines) is 1. The Hall–Kier alpha value is -1.61. The first-order valence-corrected chi connectivity index (χ1v) is 6.78. The molecular weight excluding hydrogens is 238 g/mol. The third kappa shape index (κ3) is 3.24. The van der Waals surface area contributed by atoms with Crippen molar-refractivity contribution < 1.29 is 9.90 Å². The summed E-state index contributed by atoms with van der Waals surface area (Å²) >= 11 is 0. The molecule has 0 spiro atoms. The van der Waals surface area contributed by atoms with Gasteiger partial charge in [0.1, 0.15) is 0 Å². The van der Waals surface area contributed by atoms with Crippen molar-refractivity contribution in [1.29, 1.82) is 0 Å². The van der Waals surface area contributed by atoms with Gasteiger partial charge in [0.15, 0.2) is 0 Å². The van der Waals surface area contributed by atoms with Crippen molar-refractivity contribution in [2.24, 2.45) is 0 Å². The van der Waals surface area contributed by atoms with Crippen LogP contribution in [0.2, 0.25) is 0 Å². The first kappa shape index (κ1) is 13.8. The second-order valence-corrected chi connectivity index (χ2v) is 5.20. The molecule has 102 valence electrons. The van der Waals surface area contributed by atoms with E-state index in [0.717, 1.165) is 24.9 Å². The number of carbonyl (C=O) groups excluding carboxylic acids is 1.